The van der Waals surface area contributed by atoms with E-state index in [1.54, 1.807) is 0 Å². The molecule has 6 nitrogen and oxygen atoms in total. The fourth-order valence-electron chi connectivity index (χ4n) is 1.92. The van der Waals surface area contributed by atoms with E-state index in [0.29, 0.717) is 11.3 Å². The molecule has 1 amide bonds. The number of rotatable bonds is 4. The molecule has 1 heterocycles. The number of benzene rings is 1. The third-order valence-electron chi connectivity index (χ3n) is 2.96. The highest BCUT2D eigenvalue weighted by Gasteiger charge is 2.14. The standard InChI is InChI=1S/C15H15Cl2N3O3/c1-7(2)10-6-13(19-20-15(10)22)23-14-11(16)4-9(5-12(14)17)18-8(3)21/h4-7H,1-3H3,(H,18,21)(H,20,22). The van der Waals surface area contributed by atoms with E-state index in [2.05, 4.69) is 15.5 Å². The van der Waals surface area contributed by atoms with E-state index in [1.165, 1.54) is 25.1 Å². The van der Waals surface area contributed by atoms with Gasteiger partial charge in [-0.2, -0.15) is 0 Å². The van der Waals surface area contributed by atoms with Crippen molar-refractivity contribution in [2.75, 3.05) is 5.32 Å². The Hall–Kier alpha value is -2.05. The van der Waals surface area contributed by atoms with E-state index in [0.717, 1.165) is 0 Å². The number of aromatic amines is 1. The third-order valence-corrected chi connectivity index (χ3v) is 3.52. The molecular formula is C15H15Cl2N3O3. The zero-order chi connectivity index (χ0) is 17.1. The number of anilines is 1. The number of aromatic nitrogens is 2. The summed E-state index contributed by atoms with van der Waals surface area (Å²) in [6.45, 7) is 5.15. The van der Waals surface area contributed by atoms with Gasteiger partial charge in [-0.1, -0.05) is 37.0 Å². The first-order valence-corrected chi connectivity index (χ1v) is 7.57. The molecule has 0 aliphatic heterocycles. The van der Waals surface area contributed by atoms with Crippen LogP contribution in [0.25, 0.3) is 0 Å². The second-order valence-corrected chi connectivity index (χ2v) is 6.01. The summed E-state index contributed by atoms with van der Waals surface area (Å²) < 4.78 is 5.59. The molecule has 0 atom stereocenters. The van der Waals surface area contributed by atoms with Crippen LogP contribution in [0.15, 0.2) is 23.0 Å². The van der Waals surface area contributed by atoms with Crippen LogP contribution in [0.2, 0.25) is 10.0 Å². The summed E-state index contributed by atoms with van der Waals surface area (Å²) in [6, 6.07) is 4.57. The molecule has 0 aliphatic carbocycles. The van der Waals surface area contributed by atoms with Crippen LogP contribution in [0, 0.1) is 0 Å². The predicted octanol–water partition coefficient (Wildman–Crippen LogP) is 3.95. The van der Waals surface area contributed by atoms with E-state index in [9.17, 15) is 9.59 Å². The molecule has 1 aromatic carbocycles. The SMILES string of the molecule is CC(=O)Nc1cc(Cl)c(Oc2cc(C(C)C)c(=O)[nH]n2)c(Cl)c1. The average molecular weight is 356 g/mol. The quantitative estimate of drug-likeness (QED) is 0.869. The van der Waals surface area contributed by atoms with Gasteiger partial charge < -0.3 is 10.1 Å². The van der Waals surface area contributed by atoms with Crippen molar-refractivity contribution < 1.29 is 9.53 Å². The number of nitrogens with one attached hydrogen (secondary N) is 2. The lowest BCUT2D eigenvalue weighted by Gasteiger charge is -2.12. The van der Waals surface area contributed by atoms with Crippen LogP contribution in [-0.2, 0) is 4.79 Å². The molecule has 0 fully saturated rings. The monoisotopic (exact) mass is 355 g/mol. The molecule has 23 heavy (non-hydrogen) atoms. The first-order valence-electron chi connectivity index (χ1n) is 6.82. The fraction of sp³-hybridized carbons (Fsp3) is 0.267. The molecule has 1 aromatic heterocycles. The van der Waals surface area contributed by atoms with Crippen molar-refractivity contribution in [1.82, 2.24) is 10.2 Å². The number of ether oxygens (including phenoxy) is 1. The molecule has 122 valence electrons. The predicted molar refractivity (Wildman–Crippen MR) is 89.8 cm³/mol. The van der Waals surface area contributed by atoms with Crippen molar-refractivity contribution in [2.24, 2.45) is 0 Å². The van der Waals surface area contributed by atoms with Crippen LogP contribution in [0.5, 0.6) is 11.6 Å². The highest BCUT2D eigenvalue weighted by molar-refractivity contribution is 6.37. The van der Waals surface area contributed by atoms with Crippen molar-refractivity contribution in [2.45, 2.75) is 26.7 Å². The maximum Gasteiger partial charge on any atom is 0.267 e. The number of H-pyrrole nitrogens is 1. The van der Waals surface area contributed by atoms with Gasteiger partial charge >= 0.3 is 0 Å². The number of hydrogen-bond donors (Lipinski definition) is 2. The first kappa shape index (κ1) is 17.3. The Balaban J connectivity index is 2.35. The van der Waals surface area contributed by atoms with Gasteiger partial charge in [0.1, 0.15) is 0 Å². The molecule has 0 aliphatic rings. The lowest BCUT2D eigenvalue weighted by atomic mass is 10.1. The molecule has 0 radical (unpaired) electrons. The van der Waals surface area contributed by atoms with E-state index in [1.807, 2.05) is 13.8 Å². The Labute approximate surface area is 142 Å². The van der Waals surface area contributed by atoms with Crippen molar-refractivity contribution in [3.63, 3.8) is 0 Å². The number of carbonyl (C=O) groups excluding carboxylic acids is 1. The fourth-order valence-corrected chi connectivity index (χ4v) is 2.48. The smallest absolute Gasteiger partial charge is 0.267 e. The third kappa shape index (κ3) is 4.24. The van der Waals surface area contributed by atoms with Gasteiger partial charge in [-0.05, 0) is 18.1 Å². The number of nitrogens with zero attached hydrogens (tertiary/aromatic N) is 1. The van der Waals surface area contributed by atoms with Crippen LogP contribution in [0.4, 0.5) is 5.69 Å². The van der Waals surface area contributed by atoms with Crippen LogP contribution in [0.3, 0.4) is 0 Å². The van der Waals surface area contributed by atoms with Gasteiger partial charge in [-0.3, -0.25) is 9.59 Å². The highest BCUT2D eigenvalue weighted by Crippen LogP contribution is 2.38. The molecule has 2 aromatic rings. The van der Waals surface area contributed by atoms with Gasteiger partial charge in [0.15, 0.2) is 5.75 Å². The summed E-state index contributed by atoms with van der Waals surface area (Å²) in [7, 11) is 0. The van der Waals surface area contributed by atoms with Crippen molar-refractivity contribution >= 4 is 34.8 Å². The Kier molecular flexibility index (Phi) is 5.28. The summed E-state index contributed by atoms with van der Waals surface area (Å²) in [5.41, 5.74) is 0.722. The summed E-state index contributed by atoms with van der Waals surface area (Å²) in [5.74, 6) is 0.132. The Bertz CT molecular complexity index is 780. The molecule has 8 heteroatoms. The van der Waals surface area contributed by atoms with Gasteiger partial charge in [0.25, 0.3) is 5.56 Å². The summed E-state index contributed by atoms with van der Waals surface area (Å²) >= 11 is 12.3. The minimum Gasteiger partial charge on any atom is -0.434 e. The second-order valence-electron chi connectivity index (χ2n) is 5.20. The van der Waals surface area contributed by atoms with Crippen molar-refractivity contribution in [3.8, 4) is 11.6 Å². The first-order chi connectivity index (χ1) is 10.8. The minimum atomic E-state index is -0.273. The molecule has 0 spiro atoms. The van der Waals surface area contributed by atoms with E-state index in [4.69, 9.17) is 27.9 Å². The molecule has 2 rings (SSSR count). The van der Waals surface area contributed by atoms with Crippen molar-refractivity contribution in [3.05, 3.63) is 44.2 Å². The Morgan fingerprint density at radius 3 is 2.39 bits per heavy atom. The van der Waals surface area contributed by atoms with Crippen LogP contribution in [-0.4, -0.2) is 16.1 Å². The molecule has 2 N–H and O–H groups in total. The molecule has 0 saturated heterocycles. The van der Waals surface area contributed by atoms with E-state index >= 15 is 0 Å². The highest BCUT2D eigenvalue weighted by atomic mass is 35.5. The lowest BCUT2D eigenvalue weighted by molar-refractivity contribution is -0.114. The van der Waals surface area contributed by atoms with Gasteiger partial charge in [0.05, 0.1) is 10.0 Å². The number of amides is 1. The summed E-state index contributed by atoms with van der Waals surface area (Å²) in [4.78, 5) is 22.8. The Morgan fingerprint density at radius 2 is 1.87 bits per heavy atom. The lowest BCUT2D eigenvalue weighted by Crippen LogP contribution is -2.15. The summed E-state index contributed by atoms with van der Waals surface area (Å²) in [5, 5.41) is 9.20. The molecule has 0 saturated carbocycles. The zero-order valence-electron chi connectivity index (χ0n) is 12.7. The van der Waals surface area contributed by atoms with Gasteiger partial charge in [0.2, 0.25) is 11.8 Å². The maximum absolute atomic E-state index is 11.7. The van der Waals surface area contributed by atoms with Crippen LogP contribution in [0.1, 0.15) is 32.3 Å². The molecular weight excluding hydrogens is 341 g/mol. The minimum absolute atomic E-state index is 0.0113. The van der Waals surface area contributed by atoms with Crippen LogP contribution >= 0.6 is 23.2 Å². The normalized spacial score (nSPS) is 10.7. The topological polar surface area (TPSA) is 84.1 Å². The molecule has 0 bridgehead atoms. The number of halogens is 2. The maximum atomic E-state index is 11.7. The molecule has 0 unspecified atom stereocenters. The van der Waals surface area contributed by atoms with Crippen molar-refractivity contribution in [1.29, 1.82) is 0 Å². The number of hydrogen-bond acceptors (Lipinski definition) is 4. The van der Waals surface area contributed by atoms with Gasteiger partial charge in [-0.25, -0.2) is 5.10 Å². The number of carbonyl (C=O) groups is 1. The second kappa shape index (κ2) is 7.02. The van der Waals surface area contributed by atoms with Gasteiger partial charge in [-0.15, -0.1) is 5.10 Å². The zero-order valence-corrected chi connectivity index (χ0v) is 14.2. The summed E-state index contributed by atoms with van der Waals surface area (Å²) in [6.07, 6.45) is 0. The Morgan fingerprint density at radius 1 is 1.26 bits per heavy atom. The van der Waals surface area contributed by atoms with E-state index < -0.39 is 0 Å². The van der Waals surface area contributed by atoms with E-state index in [-0.39, 0.29) is 39.1 Å². The average Bonchev–Trinajstić information content (AvgIpc) is 2.43. The largest absolute Gasteiger partial charge is 0.434 e. The van der Waals surface area contributed by atoms with Crippen LogP contribution < -0.4 is 15.6 Å². The van der Waals surface area contributed by atoms with Gasteiger partial charge in [0, 0.05) is 24.2 Å².